The van der Waals surface area contributed by atoms with Crippen LogP contribution in [0.15, 0.2) is 0 Å². The van der Waals surface area contributed by atoms with Crippen LogP contribution >= 0.6 is 0 Å². The topological polar surface area (TPSA) is 62.2 Å². The lowest BCUT2D eigenvalue weighted by Gasteiger charge is -2.35. The van der Waals surface area contributed by atoms with Crippen molar-refractivity contribution in [2.24, 2.45) is 0 Å². The Morgan fingerprint density at radius 2 is 2.00 bits per heavy atom. The predicted molar refractivity (Wildman–Crippen MR) is 79.9 cm³/mol. The average Bonchev–Trinajstić information content (AvgIpc) is 2.46. The number of aliphatic hydroxyl groups excluding tert-OH is 1. The van der Waals surface area contributed by atoms with E-state index in [1.165, 1.54) is 0 Å². The van der Waals surface area contributed by atoms with Crippen molar-refractivity contribution < 1.29 is 19.4 Å². The summed E-state index contributed by atoms with van der Waals surface area (Å²) in [5, 5.41) is 9.98. The fourth-order valence-corrected chi connectivity index (χ4v) is 2.02. The third-order valence-corrected chi connectivity index (χ3v) is 3.35. The molecule has 1 N–H and O–H groups in total. The van der Waals surface area contributed by atoms with Gasteiger partial charge >= 0.3 is 6.09 Å². The van der Waals surface area contributed by atoms with E-state index in [4.69, 9.17) is 15.9 Å². The van der Waals surface area contributed by atoms with Crippen molar-refractivity contribution in [3.8, 4) is 12.3 Å². The predicted octanol–water partition coefficient (Wildman–Crippen LogP) is 0.550. The van der Waals surface area contributed by atoms with Crippen LogP contribution in [0.1, 0.15) is 20.8 Å². The lowest BCUT2D eigenvalue weighted by molar-refractivity contribution is -0.0406. The number of aliphatic hydroxyl groups is 1. The Balaban J connectivity index is 2.26. The standard InChI is InChI=1S/C15H26N2O4/c1-5-15(3,4)21-12-13(18)11-16-7-9-17(10-8-16)14(19)20-6-2/h1,13,18H,6-12H2,2-4H3. The van der Waals surface area contributed by atoms with Crippen molar-refractivity contribution in [2.75, 3.05) is 45.9 Å². The summed E-state index contributed by atoms with van der Waals surface area (Å²) < 4.78 is 10.4. The van der Waals surface area contributed by atoms with E-state index in [1.54, 1.807) is 25.7 Å². The van der Waals surface area contributed by atoms with Gasteiger partial charge in [-0.15, -0.1) is 6.42 Å². The fraction of sp³-hybridized carbons (Fsp3) is 0.800. The van der Waals surface area contributed by atoms with Gasteiger partial charge in [0.1, 0.15) is 5.60 Å². The number of carbonyl (C=O) groups is 1. The van der Waals surface area contributed by atoms with E-state index in [-0.39, 0.29) is 12.7 Å². The van der Waals surface area contributed by atoms with Crippen LogP contribution in [0.25, 0.3) is 0 Å². The molecule has 6 nitrogen and oxygen atoms in total. The van der Waals surface area contributed by atoms with Crippen molar-refractivity contribution in [1.29, 1.82) is 0 Å². The molecular formula is C15H26N2O4. The minimum atomic E-state index is -0.663. The van der Waals surface area contributed by atoms with Gasteiger partial charge < -0.3 is 19.5 Å². The molecule has 0 bridgehead atoms. The Labute approximate surface area is 127 Å². The second kappa shape index (κ2) is 8.23. The molecule has 1 fully saturated rings. The maximum atomic E-state index is 11.6. The Bertz CT molecular complexity index is 370. The number of carbonyl (C=O) groups excluding carboxylic acids is 1. The normalized spacial score (nSPS) is 18.1. The minimum absolute atomic E-state index is 0.204. The molecule has 0 aromatic heterocycles. The molecule has 1 rings (SSSR count). The van der Waals surface area contributed by atoms with Gasteiger partial charge in [0.05, 0.1) is 19.3 Å². The molecule has 1 amide bonds. The maximum Gasteiger partial charge on any atom is 0.409 e. The molecule has 6 heteroatoms. The first kappa shape index (κ1) is 17.8. The molecule has 0 aromatic rings. The summed E-state index contributed by atoms with van der Waals surface area (Å²) in [6, 6.07) is 0. The Kier molecular flexibility index (Phi) is 6.96. The van der Waals surface area contributed by atoms with Crippen molar-refractivity contribution in [1.82, 2.24) is 9.80 Å². The quantitative estimate of drug-likeness (QED) is 0.726. The Morgan fingerprint density at radius 1 is 1.38 bits per heavy atom. The molecule has 120 valence electrons. The zero-order valence-corrected chi connectivity index (χ0v) is 13.2. The van der Waals surface area contributed by atoms with Crippen LogP contribution in [-0.4, -0.2) is 78.6 Å². The summed E-state index contributed by atoms with van der Waals surface area (Å²) in [5.41, 5.74) is -0.663. The summed E-state index contributed by atoms with van der Waals surface area (Å²) in [5.74, 6) is 2.53. The van der Waals surface area contributed by atoms with Gasteiger partial charge in [-0.2, -0.15) is 0 Å². The van der Waals surface area contributed by atoms with Crippen LogP contribution in [0.3, 0.4) is 0 Å². The molecule has 0 spiro atoms. The van der Waals surface area contributed by atoms with Crippen molar-refractivity contribution in [3.63, 3.8) is 0 Å². The SMILES string of the molecule is C#CC(C)(C)OCC(O)CN1CCN(C(=O)OCC)CC1. The molecule has 1 aliphatic rings. The highest BCUT2D eigenvalue weighted by molar-refractivity contribution is 5.67. The highest BCUT2D eigenvalue weighted by atomic mass is 16.6. The second-order valence-corrected chi connectivity index (χ2v) is 5.61. The van der Waals surface area contributed by atoms with Crippen LogP contribution in [-0.2, 0) is 9.47 Å². The molecule has 1 heterocycles. The van der Waals surface area contributed by atoms with Gasteiger partial charge in [-0.25, -0.2) is 4.79 Å². The van der Waals surface area contributed by atoms with Gasteiger partial charge in [0.2, 0.25) is 0 Å². The Hall–Kier alpha value is -1.29. The summed E-state index contributed by atoms with van der Waals surface area (Å²) in [6.45, 7) is 9.14. The van der Waals surface area contributed by atoms with Crippen molar-refractivity contribution in [3.05, 3.63) is 0 Å². The number of hydrogen-bond acceptors (Lipinski definition) is 5. The van der Waals surface area contributed by atoms with E-state index in [0.717, 1.165) is 0 Å². The van der Waals surface area contributed by atoms with E-state index in [0.29, 0.717) is 39.3 Å². The van der Waals surface area contributed by atoms with E-state index >= 15 is 0 Å². The first-order valence-corrected chi connectivity index (χ1v) is 7.31. The van der Waals surface area contributed by atoms with E-state index in [1.807, 2.05) is 0 Å². The molecule has 1 aliphatic heterocycles. The largest absolute Gasteiger partial charge is 0.450 e. The van der Waals surface area contributed by atoms with Gasteiger partial charge in [0.25, 0.3) is 0 Å². The van der Waals surface area contributed by atoms with Crippen molar-refractivity contribution in [2.45, 2.75) is 32.5 Å². The van der Waals surface area contributed by atoms with Crippen molar-refractivity contribution >= 4 is 6.09 Å². The summed E-state index contributed by atoms with van der Waals surface area (Å²) >= 11 is 0. The minimum Gasteiger partial charge on any atom is -0.450 e. The molecule has 0 aliphatic carbocycles. The van der Waals surface area contributed by atoms with Crippen LogP contribution < -0.4 is 0 Å². The smallest absolute Gasteiger partial charge is 0.409 e. The Morgan fingerprint density at radius 3 is 2.52 bits per heavy atom. The number of terminal acetylenes is 1. The molecular weight excluding hydrogens is 272 g/mol. The van der Waals surface area contributed by atoms with E-state index in [9.17, 15) is 9.90 Å². The van der Waals surface area contributed by atoms with E-state index < -0.39 is 11.7 Å². The molecule has 0 aromatic carbocycles. The molecule has 21 heavy (non-hydrogen) atoms. The summed E-state index contributed by atoms with van der Waals surface area (Å²) in [6.07, 6.45) is 4.47. The number of β-amino-alcohol motifs (C(OH)–C–C–N with tert-alkyl or cyclic N) is 1. The lowest BCUT2D eigenvalue weighted by Crippen LogP contribution is -2.51. The van der Waals surface area contributed by atoms with Gasteiger partial charge in [-0.3, -0.25) is 4.90 Å². The highest BCUT2D eigenvalue weighted by Gasteiger charge is 2.24. The first-order valence-electron chi connectivity index (χ1n) is 7.31. The second-order valence-electron chi connectivity index (χ2n) is 5.61. The third-order valence-electron chi connectivity index (χ3n) is 3.35. The summed E-state index contributed by atoms with van der Waals surface area (Å²) in [4.78, 5) is 15.4. The summed E-state index contributed by atoms with van der Waals surface area (Å²) in [7, 11) is 0. The number of ether oxygens (including phenoxy) is 2. The monoisotopic (exact) mass is 298 g/mol. The number of piperazine rings is 1. The maximum absolute atomic E-state index is 11.6. The van der Waals surface area contributed by atoms with Crippen LogP contribution in [0, 0.1) is 12.3 Å². The van der Waals surface area contributed by atoms with Crippen LogP contribution in [0.4, 0.5) is 4.79 Å². The van der Waals surface area contributed by atoms with Gasteiger partial charge in [-0.1, -0.05) is 5.92 Å². The number of amides is 1. The van der Waals surface area contributed by atoms with E-state index in [2.05, 4.69) is 10.8 Å². The third kappa shape index (κ3) is 6.34. The van der Waals surface area contributed by atoms with Gasteiger partial charge in [-0.05, 0) is 20.8 Å². The molecule has 1 atom stereocenters. The van der Waals surface area contributed by atoms with Gasteiger partial charge in [0.15, 0.2) is 0 Å². The zero-order chi connectivity index (χ0) is 15.9. The van der Waals surface area contributed by atoms with Crippen LogP contribution in [0.5, 0.6) is 0 Å². The lowest BCUT2D eigenvalue weighted by atomic mass is 10.1. The number of hydrogen-bond donors (Lipinski definition) is 1. The highest BCUT2D eigenvalue weighted by Crippen LogP contribution is 2.09. The molecule has 1 unspecified atom stereocenters. The fourth-order valence-electron chi connectivity index (χ4n) is 2.02. The molecule has 1 saturated heterocycles. The van der Waals surface area contributed by atoms with Crippen LogP contribution in [0.2, 0.25) is 0 Å². The van der Waals surface area contributed by atoms with Gasteiger partial charge in [0, 0.05) is 32.7 Å². The zero-order valence-electron chi connectivity index (χ0n) is 13.2. The first-order chi connectivity index (χ1) is 9.88. The average molecular weight is 298 g/mol. The number of nitrogens with zero attached hydrogens (tertiary/aromatic N) is 2. The number of rotatable bonds is 6. The molecule has 0 saturated carbocycles. The molecule has 0 radical (unpaired) electrons.